The molecule has 0 spiro atoms. The van der Waals surface area contributed by atoms with E-state index in [-0.39, 0.29) is 17.2 Å². The molecule has 33 heavy (non-hydrogen) atoms. The third-order valence-corrected chi connectivity index (χ3v) is 5.43. The van der Waals surface area contributed by atoms with Gasteiger partial charge < -0.3 is 4.74 Å². The van der Waals surface area contributed by atoms with Gasteiger partial charge in [-0.2, -0.15) is 26.3 Å². The normalized spacial score (nSPS) is 12.4. The highest BCUT2D eigenvalue weighted by Crippen LogP contribution is 2.39. The first-order valence-electron chi connectivity index (χ1n) is 9.51. The Morgan fingerprint density at radius 1 is 0.818 bits per heavy atom. The molecule has 0 fully saturated rings. The van der Waals surface area contributed by atoms with E-state index in [1.807, 2.05) is 0 Å². The predicted octanol–water partition coefficient (Wildman–Crippen LogP) is 7.70. The van der Waals surface area contributed by atoms with Crippen molar-refractivity contribution in [3.63, 3.8) is 0 Å². The van der Waals surface area contributed by atoms with Crippen LogP contribution in [0.4, 0.5) is 26.3 Å². The molecule has 0 bridgehead atoms. The first kappa shape index (κ1) is 23.0. The summed E-state index contributed by atoms with van der Waals surface area (Å²) in [5, 5.41) is 0.333. The number of rotatable bonds is 3. The van der Waals surface area contributed by atoms with Crippen molar-refractivity contribution < 1.29 is 31.1 Å². The van der Waals surface area contributed by atoms with Crippen LogP contribution in [0.2, 0.25) is 5.02 Å². The van der Waals surface area contributed by atoms with Gasteiger partial charge in [-0.05, 0) is 66.6 Å². The summed E-state index contributed by atoms with van der Waals surface area (Å²) in [7, 11) is 1.47. The molecule has 1 aromatic heterocycles. The molecule has 0 saturated carbocycles. The van der Waals surface area contributed by atoms with Crippen LogP contribution in [0.3, 0.4) is 0 Å². The number of aromatic nitrogens is 2. The minimum absolute atomic E-state index is 0.107. The molecule has 10 heteroatoms. The summed E-state index contributed by atoms with van der Waals surface area (Å²) in [4.78, 5) is 4.44. The van der Waals surface area contributed by atoms with E-state index >= 15 is 0 Å². The fourth-order valence-electron chi connectivity index (χ4n) is 3.62. The molecule has 0 amide bonds. The minimum Gasteiger partial charge on any atom is -0.495 e. The number of alkyl halides is 6. The molecule has 0 aliphatic rings. The van der Waals surface area contributed by atoms with Crippen LogP contribution in [0.25, 0.3) is 27.8 Å². The highest BCUT2D eigenvalue weighted by molar-refractivity contribution is 6.32. The average Bonchev–Trinajstić information content (AvgIpc) is 3.07. The van der Waals surface area contributed by atoms with Crippen LogP contribution < -0.4 is 4.74 Å². The van der Waals surface area contributed by atoms with E-state index in [0.29, 0.717) is 45.5 Å². The molecule has 4 aromatic rings. The number of fused-ring (bicyclic) bond motifs is 1. The second-order valence-electron chi connectivity index (χ2n) is 7.31. The summed E-state index contributed by atoms with van der Waals surface area (Å²) in [5.41, 5.74) is -1.16. The zero-order chi connectivity index (χ0) is 24.1. The van der Waals surface area contributed by atoms with E-state index in [1.54, 1.807) is 35.8 Å². The number of ether oxygens (including phenoxy) is 1. The lowest BCUT2D eigenvalue weighted by atomic mass is 9.98. The van der Waals surface area contributed by atoms with Crippen molar-refractivity contribution >= 4 is 22.6 Å². The molecule has 172 valence electrons. The number of imidazole rings is 1. The molecule has 0 aliphatic carbocycles. The van der Waals surface area contributed by atoms with Crippen molar-refractivity contribution in [1.82, 2.24) is 9.55 Å². The van der Waals surface area contributed by atoms with Crippen LogP contribution in [-0.4, -0.2) is 16.7 Å². The molecular formula is C23H15ClF6N2O. The SMILES string of the molecule is COc1ccc(-n2c(C)nc3ccc(-c4cc(C(F)(F)F)cc(C(F)(F)F)c4)cc32)cc1Cl. The molecule has 0 unspecified atom stereocenters. The lowest BCUT2D eigenvalue weighted by Gasteiger charge is -2.15. The molecule has 0 radical (unpaired) electrons. The summed E-state index contributed by atoms with van der Waals surface area (Å²) in [5.74, 6) is 1.01. The van der Waals surface area contributed by atoms with E-state index in [1.165, 1.54) is 19.2 Å². The number of hydrogen-bond acceptors (Lipinski definition) is 2. The summed E-state index contributed by atoms with van der Waals surface area (Å²) < 4.78 is 86.6. The molecule has 0 aliphatic heterocycles. The zero-order valence-corrected chi connectivity index (χ0v) is 17.9. The Hall–Kier alpha value is -3.20. The number of hydrogen-bond donors (Lipinski definition) is 0. The van der Waals surface area contributed by atoms with Crippen LogP contribution in [0.1, 0.15) is 17.0 Å². The quantitative estimate of drug-likeness (QED) is 0.279. The molecule has 0 saturated heterocycles. The Kier molecular flexibility index (Phi) is 5.56. The van der Waals surface area contributed by atoms with E-state index in [9.17, 15) is 26.3 Å². The molecule has 3 nitrogen and oxygen atoms in total. The van der Waals surface area contributed by atoms with E-state index in [0.717, 1.165) is 0 Å². The topological polar surface area (TPSA) is 27.1 Å². The van der Waals surface area contributed by atoms with Gasteiger partial charge in [0.15, 0.2) is 0 Å². The Balaban J connectivity index is 1.92. The van der Waals surface area contributed by atoms with E-state index < -0.39 is 23.5 Å². The van der Waals surface area contributed by atoms with Crippen LogP contribution in [-0.2, 0) is 12.4 Å². The van der Waals surface area contributed by atoms with Gasteiger partial charge in [-0.3, -0.25) is 4.57 Å². The molecule has 1 heterocycles. The largest absolute Gasteiger partial charge is 0.495 e. The highest BCUT2D eigenvalue weighted by atomic mass is 35.5. The Morgan fingerprint density at radius 3 is 2.00 bits per heavy atom. The first-order chi connectivity index (χ1) is 15.4. The molecule has 0 atom stereocenters. The van der Waals surface area contributed by atoms with Crippen molar-refractivity contribution in [3.05, 3.63) is 76.6 Å². The van der Waals surface area contributed by atoms with Gasteiger partial charge in [-0.15, -0.1) is 0 Å². The summed E-state index contributed by atoms with van der Waals surface area (Å²) in [6, 6.07) is 11.0. The second-order valence-corrected chi connectivity index (χ2v) is 7.72. The maximum atomic E-state index is 13.3. The molecule has 4 rings (SSSR count). The van der Waals surface area contributed by atoms with Crippen LogP contribution in [0, 0.1) is 6.92 Å². The second kappa shape index (κ2) is 7.98. The Labute approximate surface area is 189 Å². The lowest BCUT2D eigenvalue weighted by molar-refractivity contribution is -0.143. The molecule has 3 aromatic carbocycles. The Bertz CT molecular complexity index is 1330. The number of halogens is 7. The van der Waals surface area contributed by atoms with Crippen LogP contribution >= 0.6 is 11.6 Å². The number of methoxy groups -OCH3 is 1. The van der Waals surface area contributed by atoms with Gasteiger partial charge in [0.25, 0.3) is 0 Å². The fraction of sp³-hybridized carbons (Fsp3) is 0.174. The van der Waals surface area contributed by atoms with Gasteiger partial charge >= 0.3 is 12.4 Å². The van der Waals surface area contributed by atoms with E-state index in [2.05, 4.69) is 4.98 Å². The average molecular weight is 485 g/mol. The third-order valence-electron chi connectivity index (χ3n) is 5.14. The van der Waals surface area contributed by atoms with Crippen molar-refractivity contribution in [3.8, 4) is 22.6 Å². The third kappa shape index (κ3) is 4.37. The van der Waals surface area contributed by atoms with Gasteiger partial charge in [0.2, 0.25) is 0 Å². The number of nitrogens with zero attached hydrogens (tertiary/aromatic N) is 2. The number of aryl methyl sites for hydroxylation is 1. The maximum absolute atomic E-state index is 13.3. The van der Waals surface area contributed by atoms with Gasteiger partial charge in [0.05, 0.1) is 34.3 Å². The molecule has 0 N–H and O–H groups in total. The van der Waals surface area contributed by atoms with Crippen molar-refractivity contribution in [1.29, 1.82) is 0 Å². The van der Waals surface area contributed by atoms with Crippen molar-refractivity contribution in [2.24, 2.45) is 0 Å². The minimum atomic E-state index is -4.93. The summed E-state index contributed by atoms with van der Waals surface area (Å²) in [6.45, 7) is 1.73. The summed E-state index contributed by atoms with van der Waals surface area (Å²) in [6.07, 6.45) is -9.86. The van der Waals surface area contributed by atoms with Crippen LogP contribution in [0.15, 0.2) is 54.6 Å². The lowest BCUT2D eigenvalue weighted by Crippen LogP contribution is -2.11. The van der Waals surface area contributed by atoms with Gasteiger partial charge in [-0.1, -0.05) is 17.7 Å². The first-order valence-corrected chi connectivity index (χ1v) is 9.89. The maximum Gasteiger partial charge on any atom is 0.416 e. The monoisotopic (exact) mass is 484 g/mol. The summed E-state index contributed by atoms with van der Waals surface area (Å²) >= 11 is 6.23. The van der Waals surface area contributed by atoms with Crippen molar-refractivity contribution in [2.45, 2.75) is 19.3 Å². The Morgan fingerprint density at radius 2 is 1.45 bits per heavy atom. The zero-order valence-electron chi connectivity index (χ0n) is 17.1. The van der Waals surface area contributed by atoms with Crippen molar-refractivity contribution in [2.75, 3.05) is 7.11 Å². The van der Waals surface area contributed by atoms with Crippen LogP contribution in [0.5, 0.6) is 5.75 Å². The molecular weight excluding hydrogens is 470 g/mol. The van der Waals surface area contributed by atoms with Gasteiger partial charge in [0, 0.05) is 5.69 Å². The van der Waals surface area contributed by atoms with Gasteiger partial charge in [-0.25, -0.2) is 4.98 Å². The van der Waals surface area contributed by atoms with Gasteiger partial charge in [0.1, 0.15) is 11.6 Å². The number of benzene rings is 3. The smallest absolute Gasteiger partial charge is 0.416 e. The standard InChI is InChI=1S/C23H15ClF6N2O/c1-12-31-19-5-3-13(9-20(19)32(12)17-4-6-21(33-2)18(24)11-17)14-7-15(22(25,26)27)10-16(8-14)23(28,29)30/h3-11H,1-2H3. The fourth-order valence-corrected chi connectivity index (χ4v) is 3.87. The van der Waals surface area contributed by atoms with E-state index in [4.69, 9.17) is 16.3 Å². The predicted molar refractivity (Wildman–Crippen MR) is 113 cm³/mol. The highest BCUT2D eigenvalue weighted by Gasteiger charge is 2.37.